The Morgan fingerprint density at radius 1 is 1.31 bits per heavy atom. The lowest BCUT2D eigenvalue weighted by atomic mass is 10.1. The van der Waals surface area contributed by atoms with E-state index in [9.17, 15) is 4.79 Å². The number of pyridine rings is 1. The fourth-order valence-electron chi connectivity index (χ4n) is 1.57. The maximum Gasteiger partial charge on any atom is 0.190 e. The molecule has 0 spiro atoms. The standard InChI is InChI=1S/C12H11N3O/c1-15(2)9-3-4-11-10(6-9)12(16)5-8(7-13)14-11/h3-6H,1-2H3,(H,14,16). The zero-order chi connectivity index (χ0) is 11.7. The summed E-state index contributed by atoms with van der Waals surface area (Å²) in [6, 6.07) is 8.78. The Kier molecular flexibility index (Phi) is 2.37. The van der Waals surface area contributed by atoms with Crippen LogP contribution in [0.15, 0.2) is 29.1 Å². The number of nitrogens with zero attached hydrogens (tertiary/aromatic N) is 2. The third-order valence-electron chi connectivity index (χ3n) is 2.45. The number of hydrogen-bond acceptors (Lipinski definition) is 3. The van der Waals surface area contributed by atoms with Crippen molar-refractivity contribution in [2.24, 2.45) is 0 Å². The van der Waals surface area contributed by atoms with Gasteiger partial charge in [-0.15, -0.1) is 0 Å². The van der Waals surface area contributed by atoms with Gasteiger partial charge in [-0.25, -0.2) is 0 Å². The largest absolute Gasteiger partial charge is 0.378 e. The Hall–Kier alpha value is -2.28. The van der Waals surface area contributed by atoms with Crippen molar-refractivity contribution in [2.45, 2.75) is 0 Å². The minimum Gasteiger partial charge on any atom is -0.378 e. The van der Waals surface area contributed by atoms with Crippen LogP contribution in [0.25, 0.3) is 10.9 Å². The predicted molar refractivity (Wildman–Crippen MR) is 63.6 cm³/mol. The van der Waals surface area contributed by atoms with Gasteiger partial charge >= 0.3 is 0 Å². The SMILES string of the molecule is CN(C)c1ccc2[nH]c(C#N)cc(=O)c2c1. The molecular weight excluding hydrogens is 202 g/mol. The van der Waals surface area contributed by atoms with Gasteiger partial charge in [0.15, 0.2) is 5.43 Å². The number of anilines is 1. The van der Waals surface area contributed by atoms with Crippen LogP contribution in [0.1, 0.15) is 5.69 Å². The molecule has 0 fully saturated rings. The van der Waals surface area contributed by atoms with E-state index in [0.717, 1.165) is 5.69 Å². The average Bonchev–Trinajstić information content (AvgIpc) is 2.28. The van der Waals surface area contributed by atoms with Crippen molar-refractivity contribution >= 4 is 16.6 Å². The van der Waals surface area contributed by atoms with Crippen molar-refractivity contribution < 1.29 is 0 Å². The predicted octanol–water partition coefficient (Wildman–Crippen LogP) is 1.47. The molecule has 0 saturated carbocycles. The fourth-order valence-corrected chi connectivity index (χ4v) is 1.57. The van der Waals surface area contributed by atoms with Crippen LogP contribution in [0.2, 0.25) is 0 Å². The lowest BCUT2D eigenvalue weighted by Crippen LogP contribution is -2.10. The first-order valence-electron chi connectivity index (χ1n) is 4.86. The van der Waals surface area contributed by atoms with E-state index in [0.29, 0.717) is 10.9 Å². The molecule has 4 heteroatoms. The van der Waals surface area contributed by atoms with Gasteiger partial charge < -0.3 is 9.88 Å². The molecule has 0 atom stereocenters. The summed E-state index contributed by atoms with van der Waals surface area (Å²) >= 11 is 0. The molecule has 0 bridgehead atoms. The van der Waals surface area contributed by atoms with E-state index in [4.69, 9.17) is 5.26 Å². The molecule has 16 heavy (non-hydrogen) atoms. The number of hydrogen-bond donors (Lipinski definition) is 1. The highest BCUT2D eigenvalue weighted by atomic mass is 16.1. The molecule has 1 heterocycles. The van der Waals surface area contributed by atoms with Gasteiger partial charge in [-0.2, -0.15) is 5.26 Å². The summed E-state index contributed by atoms with van der Waals surface area (Å²) in [7, 11) is 3.83. The quantitative estimate of drug-likeness (QED) is 0.780. The van der Waals surface area contributed by atoms with Gasteiger partial charge in [0.1, 0.15) is 11.8 Å². The Labute approximate surface area is 92.7 Å². The first-order valence-corrected chi connectivity index (χ1v) is 4.86. The lowest BCUT2D eigenvalue weighted by molar-refractivity contribution is 1.13. The fraction of sp³-hybridized carbons (Fsp3) is 0.167. The van der Waals surface area contributed by atoms with Crippen molar-refractivity contribution in [2.75, 3.05) is 19.0 Å². The molecular formula is C12H11N3O. The van der Waals surface area contributed by atoms with Crippen LogP contribution >= 0.6 is 0 Å². The van der Waals surface area contributed by atoms with Crippen molar-refractivity contribution in [3.05, 3.63) is 40.2 Å². The molecule has 0 saturated heterocycles. The maximum absolute atomic E-state index is 11.7. The highest BCUT2D eigenvalue weighted by Gasteiger charge is 2.03. The van der Waals surface area contributed by atoms with E-state index in [1.165, 1.54) is 6.07 Å². The summed E-state index contributed by atoms with van der Waals surface area (Å²) in [5, 5.41) is 9.34. The molecule has 0 aliphatic heterocycles. The van der Waals surface area contributed by atoms with Crippen LogP contribution in [0.3, 0.4) is 0 Å². The molecule has 1 aromatic carbocycles. The Balaban J connectivity index is 2.77. The number of benzene rings is 1. The van der Waals surface area contributed by atoms with Crippen molar-refractivity contribution in [3.8, 4) is 6.07 Å². The van der Waals surface area contributed by atoms with Gasteiger partial charge in [0.25, 0.3) is 0 Å². The minimum absolute atomic E-state index is 0.131. The number of fused-ring (bicyclic) bond motifs is 1. The molecule has 2 rings (SSSR count). The number of aromatic nitrogens is 1. The second-order valence-electron chi connectivity index (χ2n) is 3.78. The number of nitriles is 1. The Bertz CT molecular complexity index is 635. The summed E-state index contributed by atoms with van der Waals surface area (Å²) < 4.78 is 0. The zero-order valence-electron chi connectivity index (χ0n) is 9.11. The van der Waals surface area contributed by atoms with E-state index in [2.05, 4.69) is 4.98 Å². The molecule has 0 aliphatic rings. The molecule has 0 aliphatic carbocycles. The van der Waals surface area contributed by atoms with Crippen LogP contribution in [-0.2, 0) is 0 Å². The molecule has 1 aromatic heterocycles. The topological polar surface area (TPSA) is 59.9 Å². The molecule has 4 nitrogen and oxygen atoms in total. The molecule has 80 valence electrons. The highest BCUT2D eigenvalue weighted by molar-refractivity contribution is 5.82. The average molecular weight is 213 g/mol. The van der Waals surface area contributed by atoms with E-state index in [1.807, 2.05) is 43.3 Å². The third kappa shape index (κ3) is 1.63. The first kappa shape index (κ1) is 10.2. The van der Waals surface area contributed by atoms with Gasteiger partial charge in [0.05, 0.1) is 5.52 Å². The van der Waals surface area contributed by atoms with Crippen molar-refractivity contribution in [1.82, 2.24) is 4.98 Å². The molecule has 0 amide bonds. The van der Waals surface area contributed by atoms with E-state index in [-0.39, 0.29) is 11.1 Å². The normalized spacial score (nSPS) is 10.1. The summed E-state index contributed by atoms with van der Waals surface area (Å²) in [4.78, 5) is 16.6. The van der Waals surface area contributed by atoms with E-state index in [1.54, 1.807) is 0 Å². The minimum atomic E-state index is -0.131. The van der Waals surface area contributed by atoms with Crippen LogP contribution in [0.4, 0.5) is 5.69 Å². The van der Waals surface area contributed by atoms with Gasteiger partial charge in [-0.05, 0) is 18.2 Å². The lowest BCUT2D eigenvalue weighted by Gasteiger charge is -2.12. The molecule has 0 radical (unpaired) electrons. The van der Waals surface area contributed by atoms with Gasteiger partial charge in [-0.3, -0.25) is 4.79 Å². The van der Waals surface area contributed by atoms with E-state index < -0.39 is 0 Å². The molecule has 1 N–H and O–H groups in total. The van der Waals surface area contributed by atoms with Crippen LogP contribution in [0.5, 0.6) is 0 Å². The Morgan fingerprint density at radius 2 is 2.06 bits per heavy atom. The smallest absolute Gasteiger partial charge is 0.190 e. The zero-order valence-corrected chi connectivity index (χ0v) is 9.11. The van der Waals surface area contributed by atoms with Gasteiger partial charge in [-0.1, -0.05) is 0 Å². The van der Waals surface area contributed by atoms with Crippen LogP contribution in [-0.4, -0.2) is 19.1 Å². The van der Waals surface area contributed by atoms with Crippen molar-refractivity contribution in [3.63, 3.8) is 0 Å². The second-order valence-corrected chi connectivity index (χ2v) is 3.78. The van der Waals surface area contributed by atoms with Gasteiger partial charge in [0, 0.05) is 31.2 Å². The van der Waals surface area contributed by atoms with Crippen molar-refractivity contribution in [1.29, 1.82) is 5.26 Å². The number of rotatable bonds is 1. The van der Waals surface area contributed by atoms with Crippen LogP contribution < -0.4 is 10.3 Å². The summed E-state index contributed by atoms with van der Waals surface area (Å²) in [5.41, 5.74) is 1.81. The number of H-pyrrole nitrogens is 1. The highest BCUT2D eigenvalue weighted by Crippen LogP contribution is 2.16. The first-order chi connectivity index (χ1) is 7.61. The number of aromatic amines is 1. The third-order valence-corrected chi connectivity index (χ3v) is 2.45. The number of nitrogens with one attached hydrogen (secondary N) is 1. The Morgan fingerprint density at radius 3 is 2.69 bits per heavy atom. The monoisotopic (exact) mass is 213 g/mol. The second kappa shape index (κ2) is 3.70. The van der Waals surface area contributed by atoms with Crippen LogP contribution in [0, 0.1) is 11.3 Å². The van der Waals surface area contributed by atoms with Gasteiger partial charge in [0.2, 0.25) is 0 Å². The summed E-state index contributed by atoms with van der Waals surface area (Å²) in [6.45, 7) is 0. The maximum atomic E-state index is 11.7. The molecule has 0 unspecified atom stereocenters. The summed E-state index contributed by atoms with van der Waals surface area (Å²) in [6.07, 6.45) is 0. The van der Waals surface area contributed by atoms with E-state index >= 15 is 0 Å². The summed E-state index contributed by atoms with van der Waals surface area (Å²) in [5.74, 6) is 0. The molecule has 2 aromatic rings.